The van der Waals surface area contributed by atoms with Gasteiger partial charge >= 0.3 is 0 Å². The van der Waals surface area contributed by atoms with Crippen molar-refractivity contribution < 1.29 is 9.47 Å². The number of aromatic nitrogens is 1. The fourth-order valence-electron chi connectivity index (χ4n) is 2.79. The molecule has 4 nitrogen and oxygen atoms in total. The molecule has 1 aromatic heterocycles. The Hall–Kier alpha value is -2.07. The summed E-state index contributed by atoms with van der Waals surface area (Å²) in [5.41, 5.74) is 2.26. The Morgan fingerprint density at radius 2 is 2.23 bits per heavy atom. The number of nitrogens with zero attached hydrogens (tertiary/aromatic N) is 2. The van der Waals surface area contributed by atoms with Crippen molar-refractivity contribution in [2.45, 2.75) is 32.5 Å². The van der Waals surface area contributed by atoms with E-state index in [1.54, 1.807) is 7.11 Å². The molecule has 0 saturated heterocycles. The third-order valence-corrected chi connectivity index (χ3v) is 3.98. The Balaban J connectivity index is 1.84. The summed E-state index contributed by atoms with van der Waals surface area (Å²) in [7, 11) is 1.69. The number of benzene rings is 1. The Kier molecular flexibility index (Phi) is 4.59. The number of rotatable bonds is 4. The Morgan fingerprint density at radius 3 is 2.95 bits per heavy atom. The average molecular weight is 298 g/mol. The lowest BCUT2D eigenvalue weighted by molar-refractivity contribution is 0.138. The number of pyridine rings is 1. The Labute approximate surface area is 131 Å². The van der Waals surface area contributed by atoms with Gasteiger partial charge in [-0.05, 0) is 36.8 Å². The maximum absolute atomic E-state index is 6.16. The fourth-order valence-corrected chi connectivity index (χ4v) is 2.79. The summed E-state index contributed by atoms with van der Waals surface area (Å²) in [5.74, 6) is 1.84. The predicted molar refractivity (Wildman–Crippen MR) is 86.1 cm³/mol. The second kappa shape index (κ2) is 6.79. The number of hydrogen-bond donors (Lipinski definition) is 0. The Bertz CT molecular complexity index is 616. The lowest BCUT2D eigenvalue weighted by Gasteiger charge is -2.22. The molecule has 1 atom stereocenters. The molecule has 0 amide bonds. The van der Waals surface area contributed by atoms with Crippen LogP contribution in [0.15, 0.2) is 42.6 Å². The van der Waals surface area contributed by atoms with Gasteiger partial charge in [-0.1, -0.05) is 13.0 Å². The molecular weight excluding hydrogens is 276 g/mol. The van der Waals surface area contributed by atoms with E-state index in [9.17, 15) is 0 Å². The van der Waals surface area contributed by atoms with E-state index < -0.39 is 0 Å². The predicted octanol–water partition coefficient (Wildman–Crippen LogP) is 3.26. The third-order valence-electron chi connectivity index (χ3n) is 3.98. The van der Waals surface area contributed by atoms with Gasteiger partial charge in [-0.2, -0.15) is 0 Å². The minimum absolute atomic E-state index is 0.207. The van der Waals surface area contributed by atoms with E-state index in [0.717, 1.165) is 43.2 Å². The second-order valence-electron chi connectivity index (χ2n) is 5.61. The van der Waals surface area contributed by atoms with Crippen molar-refractivity contribution in [2.75, 3.05) is 13.7 Å². The molecule has 1 aliphatic rings. The molecule has 0 fully saturated rings. The lowest BCUT2D eigenvalue weighted by Crippen LogP contribution is -2.32. The van der Waals surface area contributed by atoms with Crippen LogP contribution >= 0.6 is 0 Å². The SMILES string of the molecule is CC[C@@H]1CN(Cc2ccccn2)Cc2cc(OC)ccc2O1. The molecule has 1 aromatic carbocycles. The molecule has 0 unspecified atom stereocenters. The van der Waals surface area contributed by atoms with Crippen LogP contribution < -0.4 is 9.47 Å². The molecule has 116 valence electrons. The largest absolute Gasteiger partial charge is 0.497 e. The average Bonchev–Trinajstić information content (AvgIpc) is 2.73. The van der Waals surface area contributed by atoms with E-state index in [4.69, 9.17) is 9.47 Å². The molecule has 2 heterocycles. The van der Waals surface area contributed by atoms with Gasteiger partial charge in [-0.25, -0.2) is 0 Å². The monoisotopic (exact) mass is 298 g/mol. The lowest BCUT2D eigenvalue weighted by atomic mass is 10.1. The maximum Gasteiger partial charge on any atom is 0.124 e. The number of fused-ring (bicyclic) bond motifs is 1. The molecule has 0 N–H and O–H groups in total. The number of ether oxygens (including phenoxy) is 2. The van der Waals surface area contributed by atoms with Gasteiger partial charge < -0.3 is 9.47 Å². The summed E-state index contributed by atoms with van der Waals surface area (Å²) in [6.07, 6.45) is 3.04. The van der Waals surface area contributed by atoms with Crippen LogP contribution in [0.1, 0.15) is 24.6 Å². The Morgan fingerprint density at radius 1 is 1.32 bits per heavy atom. The van der Waals surface area contributed by atoms with Crippen LogP contribution in [-0.2, 0) is 13.1 Å². The minimum atomic E-state index is 0.207. The summed E-state index contributed by atoms with van der Waals surface area (Å²) in [6, 6.07) is 12.1. The standard InChI is InChI=1S/C18H22N2O2/c1-3-16-13-20(12-15-6-4-5-9-19-15)11-14-10-17(21-2)7-8-18(14)22-16/h4-10,16H,3,11-13H2,1-2H3/t16-/m1/s1. The zero-order valence-electron chi connectivity index (χ0n) is 13.2. The number of methoxy groups -OCH3 is 1. The third kappa shape index (κ3) is 3.39. The topological polar surface area (TPSA) is 34.6 Å². The summed E-state index contributed by atoms with van der Waals surface area (Å²) in [5, 5.41) is 0. The highest BCUT2D eigenvalue weighted by atomic mass is 16.5. The minimum Gasteiger partial charge on any atom is -0.497 e. The van der Waals surface area contributed by atoms with E-state index in [1.807, 2.05) is 30.5 Å². The van der Waals surface area contributed by atoms with Crippen LogP contribution in [0.3, 0.4) is 0 Å². The summed E-state index contributed by atoms with van der Waals surface area (Å²) < 4.78 is 11.5. The van der Waals surface area contributed by atoms with Crippen LogP contribution in [0.2, 0.25) is 0 Å². The molecule has 2 aromatic rings. The van der Waals surface area contributed by atoms with Crippen LogP contribution in [0.4, 0.5) is 0 Å². The van der Waals surface area contributed by atoms with E-state index in [-0.39, 0.29) is 6.10 Å². The highest BCUT2D eigenvalue weighted by molar-refractivity contribution is 5.41. The molecule has 0 radical (unpaired) electrons. The maximum atomic E-state index is 6.16. The van der Waals surface area contributed by atoms with Crippen molar-refractivity contribution >= 4 is 0 Å². The zero-order chi connectivity index (χ0) is 15.4. The van der Waals surface area contributed by atoms with E-state index >= 15 is 0 Å². The quantitative estimate of drug-likeness (QED) is 0.868. The van der Waals surface area contributed by atoms with Crippen molar-refractivity contribution in [2.24, 2.45) is 0 Å². The van der Waals surface area contributed by atoms with Gasteiger partial charge in [-0.3, -0.25) is 9.88 Å². The molecule has 22 heavy (non-hydrogen) atoms. The van der Waals surface area contributed by atoms with Crippen LogP contribution in [-0.4, -0.2) is 29.6 Å². The molecule has 0 aliphatic carbocycles. The van der Waals surface area contributed by atoms with E-state index in [0.29, 0.717) is 0 Å². The van der Waals surface area contributed by atoms with Crippen LogP contribution in [0, 0.1) is 0 Å². The van der Waals surface area contributed by atoms with Crippen molar-refractivity contribution in [1.29, 1.82) is 0 Å². The molecule has 0 saturated carbocycles. The van der Waals surface area contributed by atoms with Crippen LogP contribution in [0.5, 0.6) is 11.5 Å². The normalized spacial score (nSPS) is 18.2. The first-order valence-corrected chi connectivity index (χ1v) is 7.74. The molecule has 0 spiro atoms. The zero-order valence-corrected chi connectivity index (χ0v) is 13.2. The molecule has 3 rings (SSSR count). The van der Waals surface area contributed by atoms with Crippen molar-refractivity contribution in [3.63, 3.8) is 0 Å². The first-order chi connectivity index (χ1) is 10.8. The summed E-state index contributed by atoms with van der Waals surface area (Å²) >= 11 is 0. The first kappa shape index (κ1) is 14.9. The van der Waals surface area contributed by atoms with Gasteiger partial charge in [0.2, 0.25) is 0 Å². The van der Waals surface area contributed by atoms with Crippen molar-refractivity contribution in [3.05, 3.63) is 53.9 Å². The van der Waals surface area contributed by atoms with Gasteiger partial charge in [-0.15, -0.1) is 0 Å². The van der Waals surface area contributed by atoms with Gasteiger partial charge in [0.1, 0.15) is 17.6 Å². The second-order valence-corrected chi connectivity index (χ2v) is 5.61. The van der Waals surface area contributed by atoms with Gasteiger partial charge in [0.05, 0.1) is 12.8 Å². The van der Waals surface area contributed by atoms with Gasteiger partial charge in [0.15, 0.2) is 0 Å². The smallest absolute Gasteiger partial charge is 0.124 e. The van der Waals surface area contributed by atoms with Gasteiger partial charge in [0.25, 0.3) is 0 Å². The first-order valence-electron chi connectivity index (χ1n) is 7.74. The molecule has 0 bridgehead atoms. The highest BCUT2D eigenvalue weighted by Crippen LogP contribution is 2.30. The summed E-state index contributed by atoms with van der Waals surface area (Å²) in [4.78, 5) is 6.83. The highest BCUT2D eigenvalue weighted by Gasteiger charge is 2.22. The van der Waals surface area contributed by atoms with E-state index in [2.05, 4.69) is 28.9 Å². The van der Waals surface area contributed by atoms with Crippen LogP contribution in [0.25, 0.3) is 0 Å². The van der Waals surface area contributed by atoms with Gasteiger partial charge in [0, 0.05) is 31.4 Å². The number of hydrogen-bond acceptors (Lipinski definition) is 4. The van der Waals surface area contributed by atoms with Crippen molar-refractivity contribution in [1.82, 2.24) is 9.88 Å². The molecule has 4 heteroatoms. The summed E-state index contributed by atoms with van der Waals surface area (Å²) in [6.45, 7) is 4.75. The van der Waals surface area contributed by atoms with E-state index in [1.165, 1.54) is 5.56 Å². The molecular formula is C18H22N2O2. The fraction of sp³-hybridized carbons (Fsp3) is 0.389. The van der Waals surface area contributed by atoms with Crippen molar-refractivity contribution in [3.8, 4) is 11.5 Å². The molecule has 1 aliphatic heterocycles.